The maximum atomic E-state index is 8.91. The number of ether oxygens (including phenoxy) is 1. The number of rotatable bonds is 6. The number of aliphatic imine (C=N–C) groups is 1. The van der Waals surface area contributed by atoms with Gasteiger partial charge in [0.1, 0.15) is 0 Å². The molecule has 0 saturated heterocycles. The summed E-state index contributed by atoms with van der Waals surface area (Å²) in [4.78, 5) is 4.80. The number of unbranched alkanes of at least 4 members (excludes halogenated alkanes) is 1. The highest BCUT2D eigenvalue weighted by Gasteiger charge is 2.22. The van der Waals surface area contributed by atoms with Crippen LogP contribution in [0.5, 0.6) is 0 Å². The molecular weight excluding hydrogens is 260 g/mol. The van der Waals surface area contributed by atoms with Gasteiger partial charge in [-0.3, -0.25) is 4.99 Å². The molecule has 2 aliphatic rings. The van der Waals surface area contributed by atoms with Crippen LogP contribution in [0, 0.1) is 23.2 Å². The topological polar surface area (TPSA) is 45.4 Å². The van der Waals surface area contributed by atoms with E-state index in [2.05, 4.69) is 19.2 Å². The molecule has 2 aliphatic carbocycles. The van der Waals surface area contributed by atoms with Crippen LogP contribution in [0.1, 0.15) is 71.1 Å². The van der Waals surface area contributed by atoms with Crippen LogP contribution in [0.2, 0.25) is 0 Å². The highest BCUT2D eigenvalue weighted by molar-refractivity contribution is 5.61. The zero-order valence-corrected chi connectivity index (χ0v) is 13.5. The van der Waals surface area contributed by atoms with Crippen LogP contribution in [0.15, 0.2) is 4.99 Å². The maximum absolute atomic E-state index is 8.91. The van der Waals surface area contributed by atoms with Gasteiger partial charge < -0.3 is 4.74 Å². The van der Waals surface area contributed by atoms with Crippen LogP contribution in [-0.2, 0) is 4.74 Å². The van der Waals surface area contributed by atoms with Gasteiger partial charge in [0.2, 0.25) is 0 Å². The summed E-state index contributed by atoms with van der Waals surface area (Å²) in [6, 6.07) is 2.87. The van der Waals surface area contributed by atoms with Crippen molar-refractivity contribution in [3.8, 4) is 6.07 Å². The number of hydrogen-bond acceptors (Lipinski definition) is 3. The molecule has 0 aromatic heterocycles. The van der Waals surface area contributed by atoms with E-state index in [9.17, 15) is 0 Å². The predicted molar refractivity (Wildman–Crippen MR) is 86.5 cm³/mol. The fraction of sp³-hybridized carbons (Fsp3) is 0.889. The van der Waals surface area contributed by atoms with Gasteiger partial charge in [-0.25, -0.2) is 0 Å². The van der Waals surface area contributed by atoms with Gasteiger partial charge >= 0.3 is 0 Å². The van der Waals surface area contributed by atoms with E-state index in [0.717, 1.165) is 32.3 Å². The molecule has 0 heterocycles. The van der Waals surface area contributed by atoms with E-state index in [1.165, 1.54) is 38.5 Å². The second kappa shape index (κ2) is 9.20. The quantitative estimate of drug-likeness (QED) is 0.533. The summed E-state index contributed by atoms with van der Waals surface area (Å²) in [7, 11) is 0. The Bertz CT molecular complexity index is 345. The Labute approximate surface area is 129 Å². The summed E-state index contributed by atoms with van der Waals surface area (Å²) in [5, 5.41) is 8.91. The van der Waals surface area contributed by atoms with E-state index in [0.29, 0.717) is 18.1 Å². The molecule has 0 spiro atoms. The van der Waals surface area contributed by atoms with Crippen molar-refractivity contribution in [2.75, 3.05) is 6.61 Å². The van der Waals surface area contributed by atoms with Crippen LogP contribution in [0.3, 0.4) is 0 Å². The van der Waals surface area contributed by atoms with Crippen molar-refractivity contribution in [1.82, 2.24) is 0 Å². The van der Waals surface area contributed by atoms with Gasteiger partial charge in [-0.15, -0.1) is 0 Å². The Kier molecular flexibility index (Phi) is 7.23. The van der Waals surface area contributed by atoms with E-state index in [1.54, 1.807) is 0 Å². The molecular formula is C18H30N2O. The lowest BCUT2D eigenvalue weighted by Gasteiger charge is -2.27. The van der Waals surface area contributed by atoms with Crippen molar-refractivity contribution in [2.24, 2.45) is 16.8 Å². The predicted octanol–water partition coefficient (Wildman–Crippen LogP) is 4.52. The van der Waals surface area contributed by atoms with Gasteiger partial charge in [0.05, 0.1) is 12.2 Å². The summed E-state index contributed by atoms with van der Waals surface area (Å²) in [5.74, 6) is 0.942. The monoisotopic (exact) mass is 290 g/mol. The van der Waals surface area contributed by atoms with Gasteiger partial charge in [-0.1, -0.05) is 13.3 Å². The Balaban J connectivity index is 1.62. The molecule has 2 fully saturated rings. The number of nitriles is 1. The van der Waals surface area contributed by atoms with Gasteiger partial charge in [0.25, 0.3) is 0 Å². The fourth-order valence-corrected chi connectivity index (χ4v) is 3.40. The second-order valence-corrected chi connectivity index (χ2v) is 6.69. The van der Waals surface area contributed by atoms with Crippen LogP contribution >= 0.6 is 0 Å². The lowest BCUT2D eigenvalue weighted by Crippen LogP contribution is -2.23. The van der Waals surface area contributed by atoms with E-state index >= 15 is 0 Å². The second-order valence-electron chi connectivity index (χ2n) is 6.69. The molecule has 3 heteroatoms. The fourth-order valence-electron chi connectivity index (χ4n) is 3.40. The normalized spacial score (nSPS) is 33.9. The van der Waals surface area contributed by atoms with Gasteiger partial charge in [-0.2, -0.15) is 5.26 Å². The van der Waals surface area contributed by atoms with Crippen LogP contribution < -0.4 is 0 Å². The molecule has 0 aromatic rings. The smallest absolute Gasteiger partial charge is 0.0655 e. The molecule has 0 aromatic carbocycles. The van der Waals surface area contributed by atoms with Crippen molar-refractivity contribution in [3.63, 3.8) is 0 Å². The Morgan fingerprint density at radius 1 is 1.10 bits per heavy atom. The summed E-state index contributed by atoms with van der Waals surface area (Å²) in [6.45, 7) is 3.14. The summed E-state index contributed by atoms with van der Waals surface area (Å²) >= 11 is 0. The van der Waals surface area contributed by atoms with E-state index in [4.69, 9.17) is 15.0 Å². The number of hydrogen-bond donors (Lipinski definition) is 0. The first-order valence-electron chi connectivity index (χ1n) is 8.86. The minimum atomic E-state index is 0.284. The molecule has 118 valence electrons. The van der Waals surface area contributed by atoms with E-state index in [-0.39, 0.29) is 5.92 Å². The Morgan fingerprint density at radius 3 is 2.43 bits per heavy atom. The van der Waals surface area contributed by atoms with Crippen LogP contribution in [-0.4, -0.2) is 25.0 Å². The minimum Gasteiger partial charge on any atom is -0.378 e. The molecule has 3 nitrogen and oxygen atoms in total. The SMILES string of the molecule is CCCCOC1CCC(C=NC2CCC(C#N)CC2)CC1. The molecule has 2 rings (SSSR count). The molecule has 0 radical (unpaired) electrons. The first-order valence-corrected chi connectivity index (χ1v) is 8.86. The third-order valence-corrected chi connectivity index (χ3v) is 4.96. The third kappa shape index (κ3) is 5.79. The largest absolute Gasteiger partial charge is 0.378 e. The molecule has 0 bridgehead atoms. The average molecular weight is 290 g/mol. The summed E-state index contributed by atoms with van der Waals surface area (Å²) in [6.07, 6.45) is 14.3. The molecule has 21 heavy (non-hydrogen) atoms. The molecule has 2 saturated carbocycles. The summed E-state index contributed by atoms with van der Waals surface area (Å²) in [5.41, 5.74) is 0. The van der Waals surface area contributed by atoms with Crippen molar-refractivity contribution in [3.05, 3.63) is 0 Å². The molecule has 0 atom stereocenters. The molecule has 0 amide bonds. The lowest BCUT2D eigenvalue weighted by atomic mass is 9.86. The number of nitrogens with zero attached hydrogens (tertiary/aromatic N) is 2. The summed E-state index contributed by atoms with van der Waals surface area (Å²) < 4.78 is 5.92. The van der Waals surface area contributed by atoms with E-state index in [1.807, 2.05) is 0 Å². The minimum absolute atomic E-state index is 0.284. The first-order chi connectivity index (χ1) is 10.3. The van der Waals surface area contributed by atoms with Gasteiger partial charge in [-0.05, 0) is 63.7 Å². The highest BCUT2D eigenvalue weighted by atomic mass is 16.5. The Hall–Kier alpha value is -0.880. The highest BCUT2D eigenvalue weighted by Crippen LogP contribution is 2.28. The first kappa shape index (κ1) is 16.5. The Morgan fingerprint density at radius 2 is 1.81 bits per heavy atom. The lowest BCUT2D eigenvalue weighted by molar-refractivity contribution is 0.0226. The third-order valence-electron chi connectivity index (χ3n) is 4.96. The zero-order chi connectivity index (χ0) is 14.9. The van der Waals surface area contributed by atoms with E-state index < -0.39 is 0 Å². The van der Waals surface area contributed by atoms with Crippen molar-refractivity contribution >= 4 is 6.21 Å². The van der Waals surface area contributed by atoms with Crippen LogP contribution in [0.25, 0.3) is 0 Å². The van der Waals surface area contributed by atoms with Crippen molar-refractivity contribution in [1.29, 1.82) is 5.26 Å². The maximum Gasteiger partial charge on any atom is 0.0655 e. The van der Waals surface area contributed by atoms with Gasteiger partial charge in [0, 0.05) is 24.8 Å². The van der Waals surface area contributed by atoms with Gasteiger partial charge in [0.15, 0.2) is 0 Å². The van der Waals surface area contributed by atoms with Crippen molar-refractivity contribution in [2.45, 2.75) is 83.3 Å². The van der Waals surface area contributed by atoms with Crippen molar-refractivity contribution < 1.29 is 4.74 Å². The standard InChI is InChI=1S/C18H30N2O/c1-2-3-12-21-18-10-6-16(7-11-18)14-20-17-8-4-15(13-19)5-9-17/h14-18H,2-12H2,1H3. The molecule has 0 unspecified atom stereocenters. The molecule has 0 aliphatic heterocycles. The average Bonchev–Trinajstić information content (AvgIpc) is 2.55. The van der Waals surface area contributed by atoms with Crippen LogP contribution in [0.4, 0.5) is 0 Å². The zero-order valence-electron chi connectivity index (χ0n) is 13.5. The molecule has 0 N–H and O–H groups in total.